The van der Waals surface area contributed by atoms with E-state index in [0.29, 0.717) is 11.7 Å². The molecular formula is C11H18O. The van der Waals surface area contributed by atoms with Gasteiger partial charge >= 0.3 is 0 Å². The van der Waals surface area contributed by atoms with Gasteiger partial charge in [-0.15, -0.1) is 0 Å². The predicted octanol–water partition coefficient (Wildman–Crippen LogP) is 3.10. The molecule has 1 heteroatoms. The number of carbonyl (C=O) groups excluding carboxylic acids is 1. The van der Waals surface area contributed by atoms with Crippen LogP contribution in [-0.4, -0.2) is 5.78 Å². The second-order valence-corrected chi connectivity index (χ2v) is 3.66. The smallest absolute Gasteiger partial charge is 0.158 e. The summed E-state index contributed by atoms with van der Waals surface area (Å²) < 4.78 is 0. The molecule has 1 aliphatic rings. The summed E-state index contributed by atoms with van der Waals surface area (Å²) in [5.74, 6) is 0.913. The van der Waals surface area contributed by atoms with Crippen molar-refractivity contribution in [2.75, 3.05) is 0 Å². The largest absolute Gasteiger partial charge is 0.295 e. The number of ketones is 1. The van der Waals surface area contributed by atoms with Gasteiger partial charge in [0, 0.05) is 6.42 Å². The first-order valence-corrected chi connectivity index (χ1v) is 4.99. The number of allylic oxidation sites excluding steroid dienone is 2. The summed E-state index contributed by atoms with van der Waals surface area (Å²) in [6.45, 7) is 4.28. The Morgan fingerprint density at radius 2 is 2.42 bits per heavy atom. The second-order valence-electron chi connectivity index (χ2n) is 3.66. The van der Waals surface area contributed by atoms with Crippen LogP contribution in [0.15, 0.2) is 11.6 Å². The molecule has 0 aromatic rings. The van der Waals surface area contributed by atoms with Gasteiger partial charge < -0.3 is 0 Å². The molecule has 1 unspecified atom stereocenters. The standard InChI is InChI=1S/C11H18O/c1-3-4-8-11(12)10-7-5-6-9(10)2/h7,9H,3-6,8H2,1-2H3. The second kappa shape index (κ2) is 4.44. The zero-order valence-electron chi connectivity index (χ0n) is 8.10. The monoisotopic (exact) mass is 166 g/mol. The zero-order valence-corrected chi connectivity index (χ0v) is 8.10. The van der Waals surface area contributed by atoms with Crippen LogP contribution in [-0.2, 0) is 4.79 Å². The van der Waals surface area contributed by atoms with E-state index in [1.807, 2.05) is 0 Å². The van der Waals surface area contributed by atoms with E-state index < -0.39 is 0 Å². The molecule has 68 valence electrons. The third-order valence-corrected chi connectivity index (χ3v) is 2.57. The Morgan fingerprint density at radius 3 is 2.92 bits per heavy atom. The highest BCUT2D eigenvalue weighted by molar-refractivity contribution is 5.96. The Labute approximate surface area is 74.9 Å². The van der Waals surface area contributed by atoms with Crippen molar-refractivity contribution in [3.05, 3.63) is 11.6 Å². The molecule has 0 amide bonds. The van der Waals surface area contributed by atoms with E-state index in [9.17, 15) is 4.79 Å². The van der Waals surface area contributed by atoms with Gasteiger partial charge in [0.25, 0.3) is 0 Å². The van der Waals surface area contributed by atoms with Crippen molar-refractivity contribution in [2.24, 2.45) is 5.92 Å². The average molecular weight is 166 g/mol. The van der Waals surface area contributed by atoms with Gasteiger partial charge in [-0.3, -0.25) is 4.79 Å². The number of hydrogen-bond donors (Lipinski definition) is 0. The maximum absolute atomic E-state index is 11.5. The molecule has 0 saturated heterocycles. The predicted molar refractivity (Wildman–Crippen MR) is 51.0 cm³/mol. The van der Waals surface area contributed by atoms with Crippen LogP contribution >= 0.6 is 0 Å². The Hall–Kier alpha value is -0.590. The van der Waals surface area contributed by atoms with E-state index in [-0.39, 0.29) is 0 Å². The van der Waals surface area contributed by atoms with E-state index in [2.05, 4.69) is 19.9 Å². The molecule has 1 nitrogen and oxygen atoms in total. The van der Waals surface area contributed by atoms with Crippen molar-refractivity contribution in [1.82, 2.24) is 0 Å². The van der Waals surface area contributed by atoms with E-state index >= 15 is 0 Å². The van der Waals surface area contributed by atoms with Crippen LogP contribution in [0.5, 0.6) is 0 Å². The van der Waals surface area contributed by atoms with Crippen LogP contribution in [0.3, 0.4) is 0 Å². The molecule has 0 saturated carbocycles. The Kier molecular flexibility index (Phi) is 3.51. The van der Waals surface area contributed by atoms with Crippen LogP contribution in [0, 0.1) is 5.92 Å². The number of Topliss-reactive ketones (excluding diaryl/α,β-unsaturated/α-hetero) is 1. The van der Waals surface area contributed by atoms with Crippen molar-refractivity contribution in [2.45, 2.75) is 46.0 Å². The number of rotatable bonds is 4. The molecule has 0 bridgehead atoms. The third-order valence-electron chi connectivity index (χ3n) is 2.57. The molecule has 0 heterocycles. The molecule has 0 fully saturated rings. The topological polar surface area (TPSA) is 17.1 Å². The molecule has 0 spiro atoms. The SMILES string of the molecule is CCCCC(=O)C1=CCCC1C. The molecule has 1 aliphatic carbocycles. The lowest BCUT2D eigenvalue weighted by atomic mass is 9.97. The Balaban J connectivity index is 2.41. The van der Waals surface area contributed by atoms with Gasteiger partial charge in [-0.1, -0.05) is 26.3 Å². The van der Waals surface area contributed by atoms with Crippen LogP contribution in [0.1, 0.15) is 46.0 Å². The van der Waals surface area contributed by atoms with Gasteiger partial charge in [-0.25, -0.2) is 0 Å². The first-order valence-electron chi connectivity index (χ1n) is 4.99. The van der Waals surface area contributed by atoms with Gasteiger partial charge in [0.05, 0.1) is 0 Å². The molecule has 0 N–H and O–H groups in total. The summed E-state index contributed by atoms with van der Waals surface area (Å²) in [4.78, 5) is 11.5. The van der Waals surface area contributed by atoms with Gasteiger partial charge in [0.15, 0.2) is 5.78 Å². The summed E-state index contributed by atoms with van der Waals surface area (Å²) in [6.07, 6.45) is 7.33. The zero-order chi connectivity index (χ0) is 8.97. The minimum Gasteiger partial charge on any atom is -0.295 e. The summed E-state index contributed by atoms with van der Waals surface area (Å²) in [5, 5.41) is 0. The maximum atomic E-state index is 11.5. The quantitative estimate of drug-likeness (QED) is 0.627. The summed E-state index contributed by atoms with van der Waals surface area (Å²) in [7, 11) is 0. The fourth-order valence-electron chi connectivity index (χ4n) is 1.72. The fourth-order valence-corrected chi connectivity index (χ4v) is 1.72. The van der Waals surface area contributed by atoms with Crippen LogP contribution in [0.2, 0.25) is 0 Å². The fraction of sp³-hybridized carbons (Fsp3) is 0.727. The molecule has 1 rings (SSSR count). The third kappa shape index (κ3) is 2.20. The minimum atomic E-state index is 0.391. The highest BCUT2D eigenvalue weighted by atomic mass is 16.1. The molecule has 1 atom stereocenters. The Morgan fingerprint density at radius 1 is 1.67 bits per heavy atom. The molecule has 0 aromatic heterocycles. The van der Waals surface area contributed by atoms with Crippen molar-refractivity contribution in [1.29, 1.82) is 0 Å². The van der Waals surface area contributed by atoms with Crippen molar-refractivity contribution < 1.29 is 4.79 Å². The number of hydrogen-bond acceptors (Lipinski definition) is 1. The van der Waals surface area contributed by atoms with Gasteiger partial charge in [-0.05, 0) is 30.8 Å². The highest BCUT2D eigenvalue weighted by Gasteiger charge is 2.19. The van der Waals surface area contributed by atoms with Gasteiger partial charge in [-0.2, -0.15) is 0 Å². The van der Waals surface area contributed by atoms with Crippen LogP contribution < -0.4 is 0 Å². The number of carbonyl (C=O) groups is 1. The highest BCUT2D eigenvalue weighted by Crippen LogP contribution is 2.26. The summed E-state index contributed by atoms with van der Waals surface area (Å²) in [6, 6.07) is 0. The first kappa shape index (κ1) is 9.50. The normalized spacial score (nSPS) is 22.5. The Bertz CT molecular complexity index is 191. The summed E-state index contributed by atoms with van der Waals surface area (Å²) in [5.41, 5.74) is 1.10. The average Bonchev–Trinajstić information content (AvgIpc) is 2.47. The summed E-state index contributed by atoms with van der Waals surface area (Å²) >= 11 is 0. The molecule has 0 aliphatic heterocycles. The lowest BCUT2D eigenvalue weighted by Gasteiger charge is -2.06. The van der Waals surface area contributed by atoms with Crippen molar-refractivity contribution >= 4 is 5.78 Å². The molecular weight excluding hydrogens is 148 g/mol. The van der Waals surface area contributed by atoms with Gasteiger partial charge in [0.1, 0.15) is 0 Å². The molecule has 12 heavy (non-hydrogen) atoms. The van der Waals surface area contributed by atoms with E-state index in [1.54, 1.807) is 0 Å². The van der Waals surface area contributed by atoms with Crippen molar-refractivity contribution in [3.63, 3.8) is 0 Å². The molecule has 0 radical (unpaired) electrons. The lowest BCUT2D eigenvalue weighted by Crippen LogP contribution is -2.06. The lowest BCUT2D eigenvalue weighted by molar-refractivity contribution is -0.116. The van der Waals surface area contributed by atoms with Crippen molar-refractivity contribution in [3.8, 4) is 0 Å². The molecule has 0 aromatic carbocycles. The van der Waals surface area contributed by atoms with Gasteiger partial charge in [0.2, 0.25) is 0 Å². The van der Waals surface area contributed by atoms with Crippen LogP contribution in [0.4, 0.5) is 0 Å². The minimum absolute atomic E-state index is 0.391. The van der Waals surface area contributed by atoms with E-state index in [1.165, 1.54) is 6.42 Å². The van der Waals surface area contributed by atoms with Crippen LogP contribution in [0.25, 0.3) is 0 Å². The van der Waals surface area contributed by atoms with E-state index in [4.69, 9.17) is 0 Å². The maximum Gasteiger partial charge on any atom is 0.158 e. The number of unbranched alkanes of at least 4 members (excludes halogenated alkanes) is 1. The first-order chi connectivity index (χ1) is 5.75. The van der Waals surface area contributed by atoms with E-state index in [0.717, 1.165) is 31.3 Å².